The molecule has 1 aromatic carbocycles. The molecule has 2 amide bonds. The summed E-state index contributed by atoms with van der Waals surface area (Å²) in [6.45, 7) is 14.9. The minimum absolute atomic E-state index is 0.125. The van der Waals surface area contributed by atoms with Crippen molar-refractivity contribution < 1.29 is 19.1 Å². The van der Waals surface area contributed by atoms with E-state index in [1.165, 1.54) is 11.3 Å². The first-order chi connectivity index (χ1) is 15.3. The van der Waals surface area contributed by atoms with Crippen LogP contribution in [-0.4, -0.2) is 40.7 Å². The highest BCUT2D eigenvalue weighted by Gasteiger charge is 2.36. The van der Waals surface area contributed by atoms with Gasteiger partial charge in [0.25, 0.3) is 0 Å². The van der Waals surface area contributed by atoms with Gasteiger partial charge in [-0.05, 0) is 58.9 Å². The molecular weight excluding hydrogens is 436 g/mol. The van der Waals surface area contributed by atoms with E-state index in [2.05, 4.69) is 31.4 Å². The van der Waals surface area contributed by atoms with Gasteiger partial charge < -0.3 is 14.8 Å². The van der Waals surface area contributed by atoms with E-state index in [-0.39, 0.29) is 23.8 Å². The summed E-state index contributed by atoms with van der Waals surface area (Å²) < 4.78 is 12.0. The maximum atomic E-state index is 13.2. The summed E-state index contributed by atoms with van der Waals surface area (Å²) in [6, 6.07) is 9.39. The fourth-order valence-corrected chi connectivity index (χ4v) is 4.03. The Labute approximate surface area is 204 Å². The summed E-state index contributed by atoms with van der Waals surface area (Å²) in [7, 11) is 0. The molecule has 1 N–H and O–H groups in total. The largest absolute Gasteiger partial charge is 0.458 e. The summed E-state index contributed by atoms with van der Waals surface area (Å²) in [6.07, 6.45) is 4.28. The van der Waals surface area contributed by atoms with Crippen LogP contribution in [-0.2, 0) is 14.3 Å². The zero-order valence-corrected chi connectivity index (χ0v) is 21.8. The molecule has 0 bridgehead atoms. The maximum absolute atomic E-state index is 13.2. The van der Waals surface area contributed by atoms with Crippen LogP contribution in [0.15, 0.2) is 41.9 Å². The van der Waals surface area contributed by atoms with E-state index in [4.69, 9.17) is 9.47 Å². The molecule has 0 aromatic heterocycles. The van der Waals surface area contributed by atoms with Gasteiger partial charge in [-0.15, -0.1) is 12.6 Å². The molecule has 2 rings (SSSR count). The number of hydrogen-bond acceptors (Lipinski definition) is 5. The average Bonchev–Trinajstić information content (AvgIpc) is 2.71. The van der Waals surface area contributed by atoms with E-state index in [1.807, 2.05) is 30.3 Å². The minimum atomic E-state index is -1.23. The number of nitrogens with zero attached hydrogens (tertiary/aromatic N) is 1. The van der Waals surface area contributed by atoms with E-state index in [0.29, 0.717) is 5.92 Å². The zero-order valence-electron chi connectivity index (χ0n) is 20.9. The van der Waals surface area contributed by atoms with Gasteiger partial charge >= 0.3 is 12.0 Å². The molecular formula is C26H40N2O4S. The number of benzene rings is 1. The van der Waals surface area contributed by atoms with Crippen molar-refractivity contribution in [3.05, 3.63) is 47.5 Å². The fraction of sp³-hybridized carbons (Fsp3) is 0.615. The summed E-state index contributed by atoms with van der Waals surface area (Å²) in [5, 5.41) is 3.05. The van der Waals surface area contributed by atoms with E-state index < -0.39 is 23.1 Å². The first-order valence-electron chi connectivity index (χ1n) is 11.7. The van der Waals surface area contributed by atoms with Gasteiger partial charge in [0.15, 0.2) is 0 Å². The van der Waals surface area contributed by atoms with Crippen molar-refractivity contribution in [2.45, 2.75) is 90.6 Å². The molecule has 0 saturated heterocycles. The molecule has 1 aliphatic rings. The van der Waals surface area contributed by atoms with Crippen LogP contribution < -0.4 is 5.32 Å². The number of amides is 2. The Bertz CT molecular complexity index is 819. The third kappa shape index (κ3) is 8.38. The molecule has 0 spiro atoms. The lowest BCUT2D eigenvalue weighted by molar-refractivity contribution is -0.161. The van der Waals surface area contributed by atoms with E-state index in [0.717, 1.165) is 24.8 Å². The highest BCUT2D eigenvalue weighted by atomic mass is 32.1. The Morgan fingerprint density at radius 3 is 2.30 bits per heavy atom. The van der Waals surface area contributed by atoms with Crippen molar-refractivity contribution in [2.75, 3.05) is 6.54 Å². The number of thiol groups is 1. The molecule has 184 valence electrons. The molecule has 0 heterocycles. The highest BCUT2D eigenvalue weighted by molar-refractivity contribution is 7.84. The monoisotopic (exact) mass is 476 g/mol. The predicted molar refractivity (Wildman–Crippen MR) is 135 cm³/mol. The van der Waals surface area contributed by atoms with E-state index in [1.54, 1.807) is 34.6 Å². The van der Waals surface area contributed by atoms with Crippen molar-refractivity contribution in [1.29, 1.82) is 0 Å². The maximum Gasteiger partial charge on any atom is 0.331 e. The van der Waals surface area contributed by atoms with Gasteiger partial charge in [-0.2, -0.15) is 0 Å². The first-order valence-corrected chi connectivity index (χ1v) is 12.2. The Morgan fingerprint density at radius 1 is 1.15 bits per heavy atom. The topological polar surface area (TPSA) is 67.9 Å². The van der Waals surface area contributed by atoms with Crippen LogP contribution in [0.5, 0.6) is 0 Å². The van der Waals surface area contributed by atoms with Gasteiger partial charge in [-0.1, -0.05) is 56.7 Å². The van der Waals surface area contributed by atoms with Crippen molar-refractivity contribution in [1.82, 2.24) is 10.2 Å². The lowest BCUT2D eigenvalue weighted by Gasteiger charge is -2.36. The van der Waals surface area contributed by atoms with Crippen molar-refractivity contribution >= 4 is 24.6 Å². The summed E-state index contributed by atoms with van der Waals surface area (Å²) in [5.74, 6) is -0.0579. The summed E-state index contributed by atoms with van der Waals surface area (Å²) in [5.41, 5.74) is -0.907. The molecule has 1 aliphatic carbocycles. The third-order valence-corrected chi connectivity index (χ3v) is 6.02. The number of urea groups is 1. The Morgan fingerprint density at radius 2 is 1.76 bits per heavy atom. The van der Waals surface area contributed by atoms with Gasteiger partial charge in [0.2, 0.25) is 0 Å². The summed E-state index contributed by atoms with van der Waals surface area (Å²) in [4.78, 5) is 27.3. The van der Waals surface area contributed by atoms with Gasteiger partial charge in [-0.3, -0.25) is 4.90 Å². The van der Waals surface area contributed by atoms with Crippen LogP contribution >= 0.6 is 12.6 Å². The smallest absolute Gasteiger partial charge is 0.331 e. The molecule has 1 aromatic rings. The second-order valence-electron chi connectivity index (χ2n) is 10.4. The van der Waals surface area contributed by atoms with Crippen molar-refractivity contribution in [3.63, 3.8) is 0 Å². The average molecular weight is 477 g/mol. The first kappa shape index (κ1) is 27.3. The number of nitrogens with one attached hydrogen (secondary N) is 1. The van der Waals surface area contributed by atoms with Crippen molar-refractivity contribution in [2.24, 2.45) is 5.92 Å². The van der Waals surface area contributed by atoms with E-state index in [9.17, 15) is 9.59 Å². The van der Waals surface area contributed by atoms with E-state index >= 15 is 0 Å². The second-order valence-corrected chi connectivity index (χ2v) is 10.9. The Balaban J connectivity index is 2.21. The molecule has 1 saturated carbocycles. The van der Waals surface area contributed by atoms with Crippen LogP contribution in [0, 0.1) is 5.92 Å². The van der Waals surface area contributed by atoms with Gasteiger partial charge in [0, 0.05) is 0 Å². The molecule has 7 heteroatoms. The Kier molecular flexibility index (Phi) is 9.44. The normalized spacial score (nSPS) is 20.0. The van der Waals surface area contributed by atoms with Gasteiger partial charge in [0.1, 0.15) is 17.2 Å². The number of carbonyl (C=O) groups is 2. The number of hydrogen-bond donors (Lipinski definition) is 2. The van der Waals surface area contributed by atoms with Crippen molar-refractivity contribution in [3.8, 4) is 0 Å². The lowest BCUT2D eigenvalue weighted by atomic mass is 9.87. The Hall–Kier alpha value is -1.99. The minimum Gasteiger partial charge on any atom is -0.458 e. The molecule has 3 atom stereocenters. The number of ether oxygens (including phenoxy) is 2. The molecule has 6 nitrogen and oxygen atoms in total. The standard InChI is InChI=1S/C26H40N2O4S/c1-18-13-11-12-16-21(18)31-22(20-14-9-8-10-15-20)17-28(19(2)33)24(30)27-26(6,7)23(29)32-25(3,4)5/h8-10,14-15,18,21-22,33H,2,11-13,16-17H2,1,3-7H3,(H,27,30)/t18-,21-,22?/m0/s1. The fourth-order valence-electron chi connectivity index (χ4n) is 3.85. The van der Waals surface area contributed by atoms with Crippen LogP contribution in [0.3, 0.4) is 0 Å². The summed E-state index contributed by atoms with van der Waals surface area (Å²) >= 11 is 4.37. The molecule has 33 heavy (non-hydrogen) atoms. The number of rotatable bonds is 8. The molecule has 1 unspecified atom stereocenters. The van der Waals surface area contributed by atoms with Crippen LogP contribution in [0.4, 0.5) is 4.79 Å². The van der Waals surface area contributed by atoms with Crippen LogP contribution in [0.1, 0.15) is 78.9 Å². The van der Waals surface area contributed by atoms with Gasteiger partial charge in [0.05, 0.1) is 17.7 Å². The SMILES string of the molecule is C=C(S)N(CC(O[C@H]1CCCC[C@@H]1C)c1ccccc1)C(=O)NC(C)(C)C(=O)OC(C)(C)C. The van der Waals surface area contributed by atoms with Crippen LogP contribution in [0.25, 0.3) is 0 Å². The number of carbonyl (C=O) groups excluding carboxylic acids is 2. The number of esters is 1. The molecule has 1 fully saturated rings. The predicted octanol–water partition coefficient (Wildman–Crippen LogP) is 5.86. The lowest BCUT2D eigenvalue weighted by Crippen LogP contribution is -2.56. The second kappa shape index (κ2) is 11.4. The van der Waals surface area contributed by atoms with Gasteiger partial charge in [-0.25, -0.2) is 9.59 Å². The zero-order chi connectivity index (χ0) is 24.8. The molecule has 0 radical (unpaired) electrons. The quantitative estimate of drug-likeness (QED) is 0.364. The molecule has 0 aliphatic heterocycles. The highest BCUT2D eigenvalue weighted by Crippen LogP contribution is 2.32. The third-order valence-electron chi connectivity index (χ3n) is 5.78. The van der Waals surface area contributed by atoms with Crippen LogP contribution in [0.2, 0.25) is 0 Å².